The number of carbonyl (C=O) groups is 1. The zero-order chi connectivity index (χ0) is 13.1. The Morgan fingerprint density at radius 3 is 3.00 bits per heavy atom. The highest BCUT2D eigenvalue weighted by atomic mass is 16.5. The Hall–Kier alpha value is -1.77. The lowest BCUT2D eigenvalue weighted by molar-refractivity contribution is -0.141. The van der Waals surface area contributed by atoms with Crippen LogP contribution in [0.2, 0.25) is 0 Å². The highest BCUT2D eigenvalue weighted by Crippen LogP contribution is 2.44. The molecule has 0 spiro atoms. The fourth-order valence-corrected chi connectivity index (χ4v) is 2.57. The number of hydrogen-bond acceptors (Lipinski definition) is 3. The summed E-state index contributed by atoms with van der Waals surface area (Å²) in [5.41, 5.74) is 3.43. The SMILES string of the molecule is CC/C=C1/CC(CC(=O)OC)c2ccc(O)cc21. The van der Waals surface area contributed by atoms with Crippen LogP contribution in [0, 0.1) is 0 Å². The number of methoxy groups -OCH3 is 1. The van der Waals surface area contributed by atoms with Crippen LogP contribution in [0.5, 0.6) is 5.75 Å². The van der Waals surface area contributed by atoms with Crippen molar-refractivity contribution in [3.8, 4) is 5.75 Å². The molecule has 1 aromatic carbocycles. The normalized spacial score (nSPS) is 19.9. The second kappa shape index (κ2) is 5.25. The lowest BCUT2D eigenvalue weighted by Gasteiger charge is -2.09. The summed E-state index contributed by atoms with van der Waals surface area (Å²) < 4.78 is 4.74. The largest absolute Gasteiger partial charge is 0.508 e. The predicted octanol–water partition coefficient (Wildman–Crippen LogP) is 3.24. The van der Waals surface area contributed by atoms with E-state index in [4.69, 9.17) is 4.74 Å². The van der Waals surface area contributed by atoms with Crippen molar-refractivity contribution in [2.75, 3.05) is 7.11 Å². The zero-order valence-electron chi connectivity index (χ0n) is 10.8. The number of rotatable bonds is 3. The first kappa shape index (κ1) is 12.7. The lowest BCUT2D eigenvalue weighted by atomic mass is 9.98. The van der Waals surface area contributed by atoms with Crippen molar-refractivity contribution in [2.24, 2.45) is 0 Å². The van der Waals surface area contributed by atoms with Crippen LogP contribution in [-0.4, -0.2) is 18.2 Å². The van der Waals surface area contributed by atoms with Crippen LogP contribution in [0.4, 0.5) is 0 Å². The van der Waals surface area contributed by atoms with Gasteiger partial charge in [-0.2, -0.15) is 0 Å². The molecule has 0 aliphatic heterocycles. The van der Waals surface area contributed by atoms with E-state index in [0.29, 0.717) is 6.42 Å². The summed E-state index contributed by atoms with van der Waals surface area (Å²) >= 11 is 0. The second-order valence-corrected chi connectivity index (χ2v) is 4.59. The number of carbonyl (C=O) groups excluding carboxylic acids is 1. The summed E-state index contributed by atoms with van der Waals surface area (Å²) in [5, 5.41) is 9.58. The van der Waals surface area contributed by atoms with Crippen LogP contribution in [0.3, 0.4) is 0 Å². The smallest absolute Gasteiger partial charge is 0.306 e. The Labute approximate surface area is 107 Å². The first-order chi connectivity index (χ1) is 8.65. The maximum Gasteiger partial charge on any atom is 0.306 e. The van der Waals surface area contributed by atoms with E-state index in [2.05, 4.69) is 13.0 Å². The third kappa shape index (κ3) is 2.40. The van der Waals surface area contributed by atoms with E-state index in [1.165, 1.54) is 12.7 Å². The van der Waals surface area contributed by atoms with E-state index in [0.717, 1.165) is 24.0 Å². The highest BCUT2D eigenvalue weighted by Gasteiger charge is 2.28. The minimum Gasteiger partial charge on any atom is -0.508 e. The summed E-state index contributed by atoms with van der Waals surface area (Å²) in [6.07, 6.45) is 4.36. The van der Waals surface area contributed by atoms with Crippen LogP contribution in [0.15, 0.2) is 24.3 Å². The fourth-order valence-electron chi connectivity index (χ4n) is 2.57. The van der Waals surface area contributed by atoms with Crippen LogP contribution < -0.4 is 0 Å². The molecular formula is C15H18O3. The third-order valence-corrected chi connectivity index (χ3v) is 3.38. The average Bonchev–Trinajstić information content (AvgIpc) is 2.67. The number of aromatic hydroxyl groups is 1. The summed E-state index contributed by atoms with van der Waals surface area (Å²) in [5.74, 6) is 0.261. The molecule has 0 radical (unpaired) electrons. The number of ether oxygens (including phenoxy) is 1. The molecule has 1 aliphatic carbocycles. The maximum atomic E-state index is 11.4. The molecular weight excluding hydrogens is 228 g/mol. The molecule has 0 saturated heterocycles. The van der Waals surface area contributed by atoms with Gasteiger partial charge in [0.05, 0.1) is 13.5 Å². The summed E-state index contributed by atoms with van der Waals surface area (Å²) in [6.45, 7) is 2.09. The molecule has 3 heteroatoms. The van der Waals surface area contributed by atoms with Gasteiger partial charge in [0, 0.05) is 0 Å². The third-order valence-electron chi connectivity index (χ3n) is 3.38. The van der Waals surface area contributed by atoms with Gasteiger partial charge in [-0.1, -0.05) is 19.1 Å². The Morgan fingerprint density at radius 2 is 2.33 bits per heavy atom. The van der Waals surface area contributed by atoms with Gasteiger partial charge in [-0.05, 0) is 47.6 Å². The van der Waals surface area contributed by atoms with E-state index in [1.807, 2.05) is 6.07 Å². The van der Waals surface area contributed by atoms with E-state index in [9.17, 15) is 9.90 Å². The van der Waals surface area contributed by atoms with Gasteiger partial charge in [0.1, 0.15) is 5.75 Å². The summed E-state index contributed by atoms with van der Waals surface area (Å²) in [6, 6.07) is 5.38. The van der Waals surface area contributed by atoms with Crippen molar-refractivity contribution in [3.05, 3.63) is 35.4 Å². The van der Waals surface area contributed by atoms with Gasteiger partial charge < -0.3 is 9.84 Å². The predicted molar refractivity (Wildman–Crippen MR) is 70.4 cm³/mol. The fraction of sp³-hybridized carbons (Fsp3) is 0.400. The number of fused-ring (bicyclic) bond motifs is 1. The van der Waals surface area contributed by atoms with Crippen LogP contribution in [-0.2, 0) is 9.53 Å². The van der Waals surface area contributed by atoms with Crippen molar-refractivity contribution in [1.29, 1.82) is 0 Å². The molecule has 0 aromatic heterocycles. The number of phenolic OH excluding ortho intramolecular Hbond substituents is 1. The molecule has 18 heavy (non-hydrogen) atoms. The van der Waals surface area contributed by atoms with Crippen LogP contribution >= 0.6 is 0 Å². The van der Waals surface area contributed by atoms with Crippen molar-refractivity contribution < 1.29 is 14.6 Å². The Balaban J connectivity index is 2.34. The standard InChI is InChI=1S/C15H18O3/c1-3-4-10-7-11(8-15(17)18-2)13-6-5-12(16)9-14(10)13/h4-6,9,11,16H,3,7-8H2,1-2H3/b10-4-. The first-order valence-corrected chi connectivity index (χ1v) is 6.24. The van der Waals surface area contributed by atoms with Gasteiger partial charge in [-0.15, -0.1) is 0 Å². The molecule has 0 fully saturated rings. The van der Waals surface area contributed by atoms with Gasteiger partial charge in [0.25, 0.3) is 0 Å². The Bertz CT molecular complexity index is 489. The molecule has 96 valence electrons. The molecule has 1 unspecified atom stereocenters. The van der Waals surface area contributed by atoms with Crippen LogP contribution in [0.25, 0.3) is 5.57 Å². The van der Waals surface area contributed by atoms with E-state index in [-0.39, 0.29) is 17.6 Å². The van der Waals surface area contributed by atoms with Crippen molar-refractivity contribution in [3.63, 3.8) is 0 Å². The number of esters is 1. The highest BCUT2D eigenvalue weighted by molar-refractivity contribution is 5.78. The quantitative estimate of drug-likeness (QED) is 0.833. The summed E-state index contributed by atoms with van der Waals surface area (Å²) in [7, 11) is 1.41. The number of allylic oxidation sites excluding steroid dienone is 2. The monoisotopic (exact) mass is 246 g/mol. The average molecular weight is 246 g/mol. The topological polar surface area (TPSA) is 46.5 Å². The van der Waals surface area contributed by atoms with Gasteiger partial charge in [-0.3, -0.25) is 4.79 Å². The number of benzene rings is 1. The first-order valence-electron chi connectivity index (χ1n) is 6.24. The van der Waals surface area contributed by atoms with Gasteiger partial charge in [0.2, 0.25) is 0 Å². The molecule has 1 atom stereocenters. The molecule has 0 heterocycles. The van der Waals surface area contributed by atoms with E-state index < -0.39 is 0 Å². The second-order valence-electron chi connectivity index (χ2n) is 4.59. The van der Waals surface area contributed by atoms with E-state index >= 15 is 0 Å². The zero-order valence-corrected chi connectivity index (χ0v) is 10.8. The molecule has 2 rings (SSSR count). The van der Waals surface area contributed by atoms with Gasteiger partial charge >= 0.3 is 5.97 Å². The van der Waals surface area contributed by atoms with E-state index in [1.54, 1.807) is 12.1 Å². The van der Waals surface area contributed by atoms with Crippen molar-refractivity contribution in [1.82, 2.24) is 0 Å². The maximum absolute atomic E-state index is 11.4. The van der Waals surface area contributed by atoms with Gasteiger partial charge in [-0.25, -0.2) is 0 Å². The number of hydrogen-bond donors (Lipinski definition) is 1. The molecule has 1 aromatic rings. The Morgan fingerprint density at radius 1 is 1.56 bits per heavy atom. The van der Waals surface area contributed by atoms with Gasteiger partial charge in [0.15, 0.2) is 0 Å². The Kier molecular flexibility index (Phi) is 3.70. The minimum atomic E-state index is -0.184. The molecule has 0 saturated carbocycles. The molecule has 1 aliphatic rings. The molecule has 1 N–H and O–H groups in total. The molecule has 0 amide bonds. The van der Waals surface area contributed by atoms with Crippen molar-refractivity contribution in [2.45, 2.75) is 32.1 Å². The summed E-state index contributed by atoms with van der Waals surface area (Å²) in [4.78, 5) is 11.4. The lowest BCUT2D eigenvalue weighted by Crippen LogP contribution is -2.06. The number of phenols is 1. The molecule has 3 nitrogen and oxygen atoms in total. The minimum absolute atomic E-state index is 0.172. The van der Waals surface area contributed by atoms with Crippen molar-refractivity contribution >= 4 is 11.5 Å². The van der Waals surface area contributed by atoms with Crippen LogP contribution in [0.1, 0.15) is 43.2 Å². The molecule has 0 bridgehead atoms.